The Bertz CT molecular complexity index is 284. The van der Waals surface area contributed by atoms with E-state index in [1.165, 1.54) is 32.4 Å². The predicted octanol–water partition coefficient (Wildman–Crippen LogP) is 2.22. The minimum Gasteiger partial charge on any atom is -0.302 e. The Morgan fingerprint density at radius 1 is 1.29 bits per heavy atom. The number of likely N-dealkylation sites (tertiary alicyclic amines) is 1. The van der Waals surface area contributed by atoms with E-state index in [4.69, 9.17) is 4.84 Å². The van der Waals surface area contributed by atoms with Crippen molar-refractivity contribution in [3.63, 3.8) is 0 Å². The molecule has 2 aliphatic heterocycles. The van der Waals surface area contributed by atoms with Crippen LogP contribution < -0.4 is 0 Å². The summed E-state index contributed by atoms with van der Waals surface area (Å²) in [6.45, 7) is 11.4. The third kappa shape index (κ3) is 3.66. The van der Waals surface area contributed by atoms with E-state index in [0.717, 1.165) is 19.6 Å². The van der Waals surface area contributed by atoms with Crippen molar-refractivity contribution in [2.45, 2.75) is 31.8 Å². The first-order valence-corrected chi connectivity index (χ1v) is 6.70. The monoisotopic (exact) mass is 236 g/mol. The summed E-state index contributed by atoms with van der Waals surface area (Å²) in [4.78, 5) is 8.45. The highest BCUT2D eigenvalue weighted by Crippen LogP contribution is 2.20. The smallest absolute Gasteiger partial charge is 0.123 e. The van der Waals surface area contributed by atoms with Crippen LogP contribution in [0.15, 0.2) is 24.8 Å². The molecule has 0 saturated carbocycles. The van der Waals surface area contributed by atoms with Crippen molar-refractivity contribution in [3.8, 4) is 0 Å². The van der Waals surface area contributed by atoms with Crippen LogP contribution in [0.1, 0.15) is 26.2 Å². The summed E-state index contributed by atoms with van der Waals surface area (Å²) in [5, 5.41) is 2.05. The van der Waals surface area contributed by atoms with Crippen LogP contribution in [0, 0.1) is 0 Å². The average molecular weight is 236 g/mol. The first kappa shape index (κ1) is 12.8. The highest BCUT2D eigenvalue weighted by atomic mass is 16.7. The Labute approximate surface area is 105 Å². The Morgan fingerprint density at radius 3 is 2.76 bits per heavy atom. The van der Waals surface area contributed by atoms with Crippen molar-refractivity contribution in [2.24, 2.45) is 0 Å². The number of hydrogen-bond donors (Lipinski definition) is 0. The molecule has 0 bridgehead atoms. The fraction of sp³-hybridized carbons (Fsp3) is 0.714. The van der Waals surface area contributed by atoms with E-state index in [-0.39, 0.29) is 5.60 Å². The first-order chi connectivity index (χ1) is 8.22. The molecular formula is C14H24N2O. The summed E-state index contributed by atoms with van der Waals surface area (Å²) in [5.74, 6) is 0. The summed E-state index contributed by atoms with van der Waals surface area (Å²) in [6.07, 6.45) is 10.2. The van der Waals surface area contributed by atoms with Gasteiger partial charge in [-0.05, 0) is 38.9 Å². The molecule has 0 aromatic rings. The van der Waals surface area contributed by atoms with Crippen LogP contribution in [0.3, 0.4) is 0 Å². The zero-order valence-electron chi connectivity index (χ0n) is 10.9. The van der Waals surface area contributed by atoms with Gasteiger partial charge in [0, 0.05) is 19.6 Å². The summed E-state index contributed by atoms with van der Waals surface area (Å²) in [5.41, 5.74) is -0.319. The lowest BCUT2D eigenvalue weighted by molar-refractivity contribution is -0.209. The number of rotatable bonds is 4. The van der Waals surface area contributed by atoms with Crippen molar-refractivity contribution in [1.29, 1.82) is 0 Å². The van der Waals surface area contributed by atoms with Crippen molar-refractivity contribution >= 4 is 0 Å². The zero-order chi connectivity index (χ0) is 12.1. The van der Waals surface area contributed by atoms with E-state index >= 15 is 0 Å². The van der Waals surface area contributed by atoms with E-state index in [2.05, 4.69) is 28.7 Å². The highest BCUT2D eigenvalue weighted by Gasteiger charge is 2.25. The minimum atomic E-state index is -0.319. The number of piperidine rings is 1. The molecule has 3 nitrogen and oxygen atoms in total. The maximum absolute atomic E-state index is 5.92. The molecule has 0 aliphatic carbocycles. The van der Waals surface area contributed by atoms with Crippen molar-refractivity contribution < 1.29 is 4.84 Å². The van der Waals surface area contributed by atoms with E-state index < -0.39 is 0 Å². The lowest BCUT2D eigenvalue weighted by atomic mass is 10.1. The molecule has 1 atom stereocenters. The summed E-state index contributed by atoms with van der Waals surface area (Å²) in [7, 11) is 0. The molecule has 1 fully saturated rings. The van der Waals surface area contributed by atoms with Gasteiger partial charge in [-0.2, -0.15) is 5.06 Å². The molecule has 96 valence electrons. The maximum atomic E-state index is 5.92. The van der Waals surface area contributed by atoms with Gasteiger partial charge in [0.25, 0.3) is 0 Å². The van der Waals surface area contributed by atoms with Crippen LogP contribution >= 0.6 is 0 Å². The van der Waals surface area contributed by atoms with Crippen LogP contribution in [-0.2, 0) is 4.84 Å². The van der Waals surface area contributed by atoms with E-state index in [9.17, 15) is 0 Å². The second kappa shape index (κ2) is 5.80. The second-order valence-electron chi connectivity index (χ2n) is 5.17. The normalized spacial score (nSPS) is 31.6. The molecule has 0 radical (unpaired) electrons. The average Bonchev–Trinajstić information content (AvgIpc) is 2.38. The van der Waals surface area contributed by atoms with Crippen LogP contribution in [0.2, 0.25) is 0 Å². The summed E-state index contributed by atoms with van der Waals surface area (Å²) < 4.78 is 0. The fourth-order valence-corrected chi connectivity index (χ4v) is 2.43. The molecule has 2 heterocycles. The molecule has 0 N–H and O–H groups in total. The SMILES string of the molecule is C=CC1(C)C=CCN(CCN2CCCCC2)O1. The van der Waals surface area contributed by atoms with Crippen LogP contribution in [0.25, 0.3) is 0 Å². The molecule has 2 aliphatic rings. The van der Waals surface area contributed by atoms with Gasteiger partial charge >= 0.3 is 0 Å². The highest BCUT2D eigenvalue weighted by molar-refractivity contribution is 5.12. The Balaban J connectivity index is 1.76. The lowest BCUT2D eigenvalue weighted by Gasteiger charge is -2.35. The molecule has 0 spiro atoms. The van der Waals surface area contributed by atoms with E-state index in [1.807, 2.05) is 13.0 Å². The van der Waals surface area contributed by atoms with Gasteiger partial charge in [-0.25, -0.2) is 0 Å². The fourth-order valence-electron chi connectivity index (χ4n) is 2.43. The topological polar surface area (TPSA) is 15.7 Å². The lowest BCUT2D eigenvalue weighted by Crippen LogP contribution is -2.43. The molecule has 3 heteroatoms. The van der Waals surface area contributed by atoms with Gasteiger partial charge in [-0.1, -0.05) is 25.2 Å². The second-order valence-corrected chi connectivity index (χ2v) is 5.17. The number of nitrogens with zero attached hydrogens (tertiary/aromatic N) is 2. The third-order valence-electron chi connectivity index (χ3n) is 3.60. The van der Waals surface area contributed by atoms with Crippen LogP contribution in [0.5, 0.6) is 0 Å². The maximum Gasteiger partial charge on any atom is 0.123 e. The first-order valence-electron chi connectivity index (χ1n) is 6.70. The van der Waals surface area contributed by atoms with Crippen molar-refractivity contribution in [3.05, 3.63) is 24.8 Å². The van der Waals surface area contributed by atoms with Crippen LogP contribution in [0.4, 0.5) is 0 Å². The van der Waals surface area contributed by atoms with Gasteiger partial charge in [-0.15, -0.1) is 0 Å². The number of hydroxylamine groups is 2. The minimum absolute atomic E-state index is 0.319. The molecule has 0 aromatic carbocycles. The van der Waals surface area contributed by atoms with E-state index in [0.29, 0.717) is 0 Å². The number of hydrogen-bond acceptors (Lipinski definition) is 3. The quantitative estimate of drug-likeness (QED) is 0.696. The Morgan fingerprint density at radius 2 is 2.06 bits per heavy atom. The van der Waals surface area contributed by atoms with Gasteiger partial charge < -0.3 is 4.90 Å². The van der Waals surface area contributed by atoms with Gasteiger partial charge in [-0.3, -0.25) is 4.84 Å². The molecule has 0 amide bonds. The predicted molar refractivity (Wildman–Crippen MR) is 70.7 cm³/mol. The zero-order valence-corrected chi connectivity index (χ0v) is 10.9. The summed E-state index contributed by atoms with van der Waals surface area (Å²) in [6, 6.07) is 0. The Hall–Kier alpha value is -0.640. The van der Waals surface area contributed by atoms with Crippen molar-refractivity contribution in [1.82, 2.24) is 9.96 Å². The van der Waals surface area contributed by atoms with E-state index in [1.54, 1.807) is 0 Å². The molecule has 2 rings (SSSR count). The summed E-state index contributed by atoms with van der Waals surface area (Å²) >= 11 is 0. The molecule has 17 heavy (non-hydrogen) atoms. The van der Waals surface area contributed by atoms with Gasteiger partial charge in [0.05, 0.1) is 0 Å². The standard InChI is InChI=1S/C14H24N2O/c1-3-14(2)8-7-11-16(17-14)13-12-15-9-5-4-6-10-15/h3,7-8H,1,4-6,9-13H2,2H3. The molecule has 0 aromatic heterocycles. The van der Waals surface area contributed by atoms with Gasteiger partial charge in [0.1, 0.15) is 5.60 Å². The van der Waals surface area contributed by atoms with Crippen LogP contribution in [-0.4, -0.2) is 48.3 Å². The molecule has 1 unspecified atom stereocenters. The molecular weight excluding hydrogens is 212 g/mol. The third-order valence-corrected chi connectivity index (χ3v) is 3.60. The molecule has 1 saturated heterocycles. The Kier molecular flexibility index (Phi) is 4.37. The van der Waals surface area contributed by atoms with Crippen molar-refractivity contribution in [2.75, 3.05) is 32.7 Å². The largest absolute Gasteiger partial charge is 0.302 e. The van der Waals surface area contributed by atoms with Gasteiger partial charge in [0.2, 0.25) is 0 Å². The van der Waals surface area contributed by atoms with Gasteiger partial charge in [0.15, 0.2) is 0 Å².